The molecule has 1 aliphatic heterocycles. The van der Waals surface area contributed by atoms with Gasteiger partial charge in [0.2, 0.25) is 0 Å². The number of carbonyl (C=O) groups excluding carboxylic acids is 1. The van der Waals surface area contributed by atoms with E-state index in [1.54, 1.807) is 0 Å². The molecule has 0 saturated carbocycles. The van der Waals surface area contributed by atoms with Crippen LogP contribution in [0.15, 0.2) is 24.3 Å². The molecule has 1 heterocycles. The van der Waals surface area contributed by atoms with Gasteiger partial charge in [-0.1, -0.05) is 24.3 Å². The lowest BCUT2D eigenvalue weighted by Crippen LogP contribution is -2.48. The van der Waals surface area contributed by atoms with E-state index in [0.29, 0.717) is 6.54 Å². The Balaban J connectivity index is 1.76. The first-order chi connectivity index (χ1) is 8.75. The zero-order valence-electron chi connectivity index (χ0n) is 10.8. The number of nitrogens with one attached hydrogen (secondary N) is 3. The van der Waals surface area contributed by atoms with Crippen molar-refractivity contribution in [1.82, 2.24) is 16.0 Å². The van der Waals surface area contributed by atoms with Gasteiger partial charge in [0, 0.05) is 19.1 Å². The highest BCUT2D eigenvalue weighted by Gasteiger charge is 2.14. The number of hydrogen-bond acceptors (Lipinski definition) is 2. The van der Waals surface area contributed by atoms with Crippen LogP contribution in [0.1, 0.15) is 24.0 Å². The largest absolute Gasteiger partial charge is 0.334 e. The Kier molecular flexibility index (Phi) is 4.59. The van der Waals surface area contributed by atoms with E-state index in [0.717, 1.165) is 31.5 Å². The zero-order chi connectivity index (χ0) is 12.8. The second kappa shape index (κ2) is 6.40. The molecular formula is C14H21N3O. The van der Waals surface area contributed by atoms with Crippen molar-refractivity contribution in [2.24, 2.45) is 0 Å². The van der Waals surface area contributed by atoms with Crippen LogP contribution in [-0.4, -0.2) is 25.2 Å². The smallest absolute Gasteiger partial charge is 0.315 e. The summed E-state index contributed by atoms with van der Waals surface area (Å²) in [6.07, 6.45) is 2.19. The SMILES string of the molecule is Cc1ccccc1CNC(=O)NC1CCCNC1. The Morgan fingerprint density at radius 2 is 2.28 bits per heavy atom. The third-order valence-electron chi connectivity index (χ3n) is 3.33. The first kappa shape index (κ1) is 12.9. The Morgan fingerprint density at radius 3 is 3.00 bits per heavy atom. The molecule has 0 bridgehead atoms. The molecule has 0 aromatic heterocycles. The van der Waals surface area contributed by atoms with Crippen molar-refractivity contribution in [3.8, 4) is 0 Å². The van der Waals surface area contributed by atoms with Crippen molar-refractivity contribution in [1.29, 1.82) is 0 Å². The fraction of sp³-hybridized carbons (Fsp3) is 0.500. The summed E-state index contributed by atoms with van der Waals surface area (Å²) < 4.78 is 0. The lowest BCUT2D eigenvalue weighted by molar-refractivity contribution is 0.233. The molecule has 3 N–H and O–H groups in total. The molecule has 1 saturated heterocycles. The van der Waals surface area contributed by atoms with Crippen LogP contribution in [0.5, 0.6) is 0 Å². The quantitative estimate of drug-likeness (QED) is 0.759. The molecule has 0 radical (unpaired) electrons. The van der Waals surface area contributed by atoms with Gasteiger partial charge in [-0.05, 0) is 37.4 Å². The fourth-order valence-corrected chi connectivity index (χ4v) is 2.20. The summed E-state index contributed by atoms with van der Waals surface area (Å²) in [6.45, 7) is 4.57. The predicted molar refractivity (Wildman–Crippen MR) is 72.4 cm³/mol. The van der Waals surface area contributed by atoms with Gasteiger partial charge in [0.05, 0.1) is 0 Å². The Labute approximate surface area is 108 Å². The van der Waals surface area contributed by atoms with E-state index in [2.05, 4.69) is 28.9 Å². The average Bonchev–Trinajstić information content (AvgIpc) is 2.39. The minimum Gasteiger partial charge on any atom is -0.334 e. The number of urea groups is 1. The molecule has 1 aromatic carbocycles. The monoisotopic (exact) mass is 247 g/mol. The molecule has 1 aliphatic rings. The number of amides is 2. The standard InChI is InChI=1S/C14H21N3O/c1-11-5-2-3-6-12(11)9-16-14(18)17-13-7-4-8-15-10-13/h2-3,5-6,13,15H,4,7-10H2,1H3,(H2,16,17,18). The summed E-state index contributed by atoms with van der Waals surface area (Å²) in [6, 6.07) is 8.28. The normalized spacial score (nSPS) is 19.3. The van der Waals surface area contributed by atoms with Gasteiger partial charge in [-0.15, -0.1) is 0 Å². The summed E-state index contributed by atoms with van der Waals surface area (Å²) in [5.74, 6) is 0. The van der Waals surface area contributed by atoms with Crippen LogP contribution in [0.4, 0.5) is 4.79 Å². The molecule has 0 spiro atoms. The Bertz CT molecular complexity index is 400. The van der Waals surface area contributed by atoms with E-state index in [9.17, 15) is 4.79 Å². The first-order valence-corrected chi connectivity index (χ1v) is 6.55. The van der Waals surface area contributed by atoms with Crippen molar-refractivity contribution in [3.05, 3.63) is 35.4 Å². The van der Waals surface area contributed by atoms with Crippen LogP contribution in [-0.2, 0) is 6.54 Å². The first-order valence-electron chi connectivity index (χ1n) is 6.55. The summed E-state index contributed by atoms with van der Waals surface area (Å²) in [5.41, 5.74) is 2.37. The van der Waals surface area contributed by atoms with E-state index < -0.39 is 0 Å². The summed E-state index contributed by atoms with van der Waals surface area (Å²) in [7, 11) is 0. The molecule has 1 unspecified atom stereocenters. The van der Waals surface area contributed by atoms with E-state index in [4.69, 9.17) is 0 Å². The molecule has 1 fully saturated rings. The molecule has 1 aromatic rings. The molecule has 98 valence electrons. The van der Waals surface area contributed by atoms with Crippen molar-refractivity contribution in [3.63, 3.8) is 0 Å². The van der Waals surface area contributed by atoms with Crippen molar-refractivity contribution < 1.29 is 4.79 Å². The van der Waals surface area contributed by atoms with Crippen LogP contribution < -0.4 is 16.0 Å². The summed E-state index contributed by atoms with van der Waals surface area (Å²) in [4.78, 5) is 11.7. The highest BCUT2D eigenvalue weighted by Crippen LogP contribution is 2.06. The van der Waals surface area contributed by atoms with Gasteiger partial charge in [-0.3, -0.25) is 0 Å². The summed E-state index contributed by atoms with van der Waals surface area (Å²) in [5, 5.41) is 9.19. The van der Waals surface area contributed by atoms with Crippen molar-refractivity contribution >= 4 is 6.03 Å². The molecule has 4 nitrogen and oxygen atoms in total. The van der Waals surface area contributed by atoms with Crippen molar-refractivity contribution in [2.75, 3.05) is 13.1 Å². The van der Waals surface area contributed by atoms with Gasteiger partial charge in [0.25, 0.3) is 0 Å². The zero-order valence-corrected chi connectivity index (χ0v) is 10.8. The molecule has 4 heteroatoms. The van der Waals surface area contributed by atoms with Crippen LogP contribution in [0.3, 0.4) is 0 Å². The Morgan fingerprint density at radius 1 is 1.44 bits per heavy atom. The van der Waals surface area contributed by atoms with Crippen LogP contribution in [0.2, 0.25) is 0 Å². The van der Waals surface area contributed by atoms with Crippen LogP contribution in [0, 0.1) is 6.92 Å². The minimum atomic E-state index is -0.0769. The van der Waals surface area contributed by atoms with Gasteiger partial charge in [0.15, 0.2) is 0 Å². The molecular weight excluding hydrogens is 226 g/mol. The lowest BCUT2D eigenvalue weighted by atomic mass is 10.1. The fourth-order valence-electron chi connectivity index (χ4n) is 2.20. The maximum atomic E-state index is 11.7. The van der Waals surface area contributed by atoms with Crippen LogP contribution >= 0.6 is 0 Å². The number of hydrogen-bond donors (Lipinski definition) is 3. The maximum absolute atomic E-state index is 11.7. The van der Waals surface area contributed by atoms with Crippen molar-refractivity contribution in [2.45, 2.75) is 32.4 Å². The molecule has 0 aliphatic carbocycles. The van der Waals surface area contributed by atoms with E-state index >= 15 is 0 Å². The number of rotatable bonds is 3. The van der Waals surface area contributed by atoms with E-state index in [1.165, 1.54) is 5.56 Å². The summed E-state index contributed by atoms with van der Waals surface area (Å²) >= 11 is 0. The predicted octanol–water partition coefficient (Wildman–Crippen LogP) is 1.55. The van der Waals surface area contributed by atoms with Gasteiger partial charge < -0.3 is 16.0 Å². The topological polar surface area (TPSA) is 53.2 Å². The third-order valence-corrected chi connectivity index (χ3v) is 3.33. The third kappa shape index (κ3) is 3.74. The highest BCUT2D eigenvalue weighted by molar-refractivity contribution is 5.74. The second-order valence-corrected chi connectivity index (χ2v) is 4.80. The molecule has 2 amide bonds. The molecule has 18 heavy (non-hydrogen) atoms. The van der Waals surface area contributed by atoms with Gasteiger partial charge in [0.1, 0.15) is 0 Å². The minimum absolute atomic E-state index is 0.0769. The number of piperidine rings is 1. The lowest BCUT2D eigenvalue weighted by Gasteiger charge is -2.23. The van der Waals surface area contributed by atoms with E-state index in [1.807, 2.05) is 18.2 Å². The highest BCUT2D eigenvalue weighted by atomic mass is 16.2. The molecule has 1 atom stereocenters. The number of aryl methyl sites for hydroxylation is 1. The maximum Gasteiger partial charge on any atom is 0.315 e. The van der Waals surface area contributed by atoms with E-state index in [-0.39, 0.29) is 12.1 Å². The number of carbonyl (C=O) groups is 1. The second-order valence-electron chi connectivity index (χ2n) is 4.80. The van der Waals surface area contributed by atoms with Gasteiger partial charge in [-0.25, -0.2) is 4.79 Å². The Hall–Kier alpha value is -1.55. The van der Waals surface area contributed by atoms with Gasteiger partial charge >= 0.3 is 6.03 Å². The van der Waals surface area contributed by atoms with Crippen LogP contribution in [0.25, 0.3) is 0 Å². The average molecular weight is 247 g/mol. The van der Waals surface area contributed by atoms with Gasteiger partial charge in [-0.2, -0.15) is 0 Å². The molecule has 2 rings (SSSR count). The number of benzene rings is 1.